The van der Waals surface area contributed by atoms with Crippen LogP contribution in [0.15, 0.2) is 36.7 Å². The molecule has 2 aromatic rings. The quantitative estimate of drug-likeness (QED) is 0.885. The normalized spacial score (nSPS) is 10.3. The Balaban J connectivity index is 2.50. The lowest BCUT2D eigenvalue weighted by Crippen LogP contribution is -1.91. The number of aromatic nitrogens is 1. The van der Waals surface area contributed by atoms with Crippen molar-refractivity contribution in [2.45, 2.75) is 6.61 Å². The molecule has 1 heterocycles. The van der Waals surface area contributed by atoms with Crippen LogP contribution < -0.4 is 4.74 Å². The van der Waals surface area contributed by atoms with Crippen molar-refractivity contribution in [3.05, 3.63) is 48.0 Å². The molecule has 0 spiro atoms. The van der Waals surface area contributed by atoms with Gasteiger partial charge in [0.1, 0.15) is 11.6 Å². The lowest BCUT2D eigenvalue weighted by atomic mass is 10.0. The van der Waals surface area contributed by atoms with Crippen molar-refractivity contribution in [1.82, 2.24) is 4.98 Å². The predicted octanol–water partition coefficient (Wildman–Crippen LogP) is 2.39. The summed E-state index contributed by atoms with van der Waals surface area (Å²) in [5.41, 5.74) is 1.68. The maximum atomic E-state index is 13.7. The van der Waals surface area contributed by atoms with Crippen molar-refractivity contribution in [3.8, 4) is 16.9 Å². The van der Waals surface area contributed by atoms with Gasteiger partial charge in [0.2, 0.25) is 0 Å². The van der Waals surface area contributed by atoms with Crippen LogP contribution in [0, 0.1) is 5.82 Å². The van der Waals surface area contributed by atoms with Gasteiger partial charge >= 0.3 is 0 Å². The smallest absolute Gasteiger partial charge is 0.137 e. The molecule has 2 rings (SSSR count). The largest absolute Gasteiger partial charge is 0.495 e. The zero-order valence-electron chi connectivity index (χ0n) is 9.35. The van der Waals surface area contributed by atoms with Crippen molar-refractivity contribution in [1.29, 1.82) is 0 Å². The van der Waals surface area contributed by atoms with Gasteiger partial charge in [-0.2, -0.15) is 0 Å². The van der Waals surface area contributed by atoms with Gasteiger partial charge in [-0.1, -0.05) is 6.07 Å². The Labute approximate surface area is 98.5 Å². The van der Waals surface area contributed by atoms with Crippen LogP contribution in [-0.2, 0) is 6.61 Å². The number of ether oxygens (including phenoxy) is 1. The van der Waals surface area contributed by atoms with Crippen LogP contribution in [0.4, 0.5) is 4.39 Å². The number of hydrogen-bond donors (Lipinski definition) is 1. The van der Waals surface area contributed by atoms with Crippen molar-refractivity contribution >= 4 is 0 Å². The molecule has 0 aliphatic carbocycles. The van der Waals surface area contributed by atoms with Gasteiger partial charge in [0.05, 0.1) is 19.9 Å². The molecule has 0 aliphatic rings. The SMILES string of the molecule is COc1cncc(-c2cc(CO)ccc2F)c1. The molecule has 17 heavy (non-hydrogen) atoms. The Morgan fingerprint density at radius 3 is 2.82 bits per heavy atom. The first kappa shape index (κ1) is 11.5. The zero-order valence-corrected chi connectivity index (χ0v) is 9.35. The van der Waals surface area contributed by atoms with E-state index in [-0.39, 0.29) is 12.4 Å². The monoisotopic (exact) mass is 233 g/mol. The van der Waals surface area contributed by atoms with Crippen molar-refractivity contribution in [2.75, 3.05) is 7.11 Å². The molecular formula is C13H12FNO2. The Morgan fingerprint density at radius 2 is 2.12 bits per heavy atom. The number of benzene rings is 1. The highest BCUT2D eigenvalue weighted by Crippen LogP contribution is 2.26. The van der Waals surface area contributed by atoms with Crippen molar-refractivity contribution in [3.63, 3.8) is 0 Å². The fraction of sp³-hybridized carbons (Fsp3) is 0.154. The first-order valence-electron chi connectivity index (χ1n) is 5.13. The second-order valence-corrected chi connectivity index (χ2v) is 3.59. The summed E-state index contributed by atoms with van der Waals surface area (Å²) in [6.07, 6.45) is 3.11. The Morgan fingerprint density at radius 1 is 1.29 bits per heavy atom. The number of aliphatic hydroxyl groups excluding tert-OH is 1. The van der Waals surface area contributed by atoms with E-state index >= 15 is 0 Å². The third kappa shape index (κ3) is 2.42. The molecule has 0 unspecified atom stereocenters. The molecule has 0 atom stereocenters. The molecule has 0 amide bonds. The van der Waals surface area contributed by atoms with Gasteiger partial charge in [-0.25, -0.2) is 4.39 Å². The molecule has 1 aromatic heterocycles. The minimum Gasteiger partial charge on any atom is -0.495 e. The molecule has 0 saturated carbocycles. The number of pyridine rings is 1. The number of nitrogens with zero attached hydrogens (tertiary/aromatic N) is 1. The summed E-state index contributed by atoms with van der Waals surface area (Å²) in [5, 5.41) is 9.04. The van der Waals surface area contributed by atoms with Crippen LogP contribution in [0.3, 0.4) is 0 Å². The maximum Gasteiger partial charge on any atom is 0.137 e. The van der Waals surface area contributed by atoms with Gasteiger partial charge in [-0.15, -0.1) is 0 Å². The molecule has 1 N–H and O–H groups in total. The van der Waals surface area contributed by atoms with E-state index in [1.807, 2.05) is 0 Å². The van der Waals surface area contributed by atoms with Crippen LogP contribution in [0.5, 0.6) is 5.75 Å². The molecular weight excluding hydrogens is 221 g/mol. The first-order chi connectivity index (χ1) is 8.24. The summed E-state index contributed by atoms with van der Waals surface area (Å²) in [6, 6.07) is 6.19. The van der Waals surface area contributed by atoms with Gasteiger partial charge in [0.15, 0.2) is 0 Å². The van der Waals surface area contributed by atoms with Crippen molar-refractivity contribution < 1.29 is 14.2 Å². The van der Waals surface area contributed by atoms with Gasteiger partial charge in [-0.3, -0.25) is 4.98 Å². The molecule has 0 saturated heterocycles. The Kier molecular flexibility index (Phi) is 3.35. The second kappa shape index (κ2) is 4.93. The van der Waals surface area contributed by atoms with Crippen LogP contribution in [0.25, 0.3) is 11.1 Å². The fourth-order valence-electron chi connectivity index (χ4n) is 1.57. The van der Waals surface area contributed by atoms with E-state index in [9.17, 15) is 4.39 Å². The number of aliphatic hydroxyl groups is 1. The highest BCUT2D eigenvalue weighted by molar-refractivity contribution is 5.65. The number of methoxy groups -OCH3 is 1. The third-order valence-electron chi connectivity index (χ3n) is 2.47. The fourth-order valence-corrected chi connectivity index (χ4v) is 1.57. The van der Waals surface area contributed by atoms with E-state index in [0.29, 0.717) is 22.4 Å². The lowest BCUT2D eigenvalue weighted by molar-refractivity contribution is 0.282. The molecule has 1 aromatic carbocycles. The van der Waals surface area contributed by atoms with Crippen molar-refractivity contribution in [2.24, 2.45) is 0 Å². The summed E-state index contributed by atoms with van der Waals surface area (Å²) in [5.74, 6) is 0.216. The average molecular weight is 233 g/mol. The predicted molar refractivity (Wildman–Crippen MR) is 62.1 cm³/mol. The van der Waals surface area contributed by atoms with E-state index < -0.39 is 0 Å². The zero-order chi connectivity index (χ0) is 12.3. The Bertz CT molecular complexity index is 529. The van der Waals surface area contributed by atoms with Crippen LogP contribution in [0.2, 0.25) is 0 Å². The summed E-state index contributed by atoms with van der Waals surface area (Å²) in [6.45, 7) is -0.120. The summed E-state index contributed by atoms with van der Waals surface area (Å²) >= 11 is 0. The molecule has 3 nitrogen and oxygen atoms in total. The maximum absolute atomic E-state index is 13.7. The number of halogens is 1. The highest BCUT2D eigenvalue weighted by Gasteiger charge is 2.07. The topological polar surface area (TPSA) is 42.4 Å². The Hall–Kier alpha value is -1.94. The molecule has 4 heteroatoms. The van der Waals surface area contributed by atoms with E-state index in [0.717, 1.165) is 0 Å². The second-order valence-electron chi connectivity index (χ2n) is 3.59. The molecule has 0 bridgehead atoms. The average Bonchev–Trinajstić information content (AvgIpc) is 2.39. The summed E-state index contributed by atoms with van der Waals surface area (Å²) in [7, 11) is 1.53. The van der Waals surface area contributed by atoms with Crippen LogP contribution in [0.1, 0.15) is 5.56 Å². The minimum absolute atomic E-state index is 0.120. The molecule has 0 radical (unpaired) electrons. The van der Waals surface area contributed by atoms with Gasteiger partial charge in [-0.05, 0) is 23.8 Å². The first-order valence-corrected chi connectivity index (χ1v) is 5.13. The van der Waals surface area contributed by atoms with Gasteiger partial charge in [0, 0.05) is 17.3 Å². The third-order valence-corrected chi connectivity index (χ3v) is 2.47. The number of rotatable bonds is 3. The van der Waals surface area contributed by atoms with E-state index in [2.05, 4.69) is 4.98 Å². The minimum atomic E-state index is -0.350. The number of hydrogen-bond acceptors (Lipinski definition) is 3. The lowest BCUT2D eigenvalue weighted by Gasteiger charge is -2.07. The standard InChI is InChI=1S/C13H12FNO2/c1-17-11-5-10(6-15-7-11)12-4-9(8-16)2-3-13(12)14/h2-7,16H,8H2,1H3. The van der Waals surface area contributed by atoms with Crippen LogP contribution >= 0.6 is 0 Å². The highest BCUT2D eigenvalue weighted by atomic mass is 19.1. The summed E-state index contributed by atoms with van der Waals surface area (Å²) in [4.78, 5) is 3.97. The van der Waals surface area contributed by atoms with E-state index in [1.165, 1.54) is 13.2 Å². The molecule has 0 fully saturated rings. The molecule has 88 valence electrons. The van der Waals surface area contributed by atoms with Gasteiger partial charge in [0.25, 0.3) is 0 Å². The molecule has 0 aliphatic heterocycles. The van der Waals surface area contributed by atoms with E-state index in [4.69, 9.17) is 9.84 Å². The van der Waals surface area contributed by atoms with E-state index in [1.54, 1.807) is 30.6 Å². The van der Waals surface area contributed by atoms with Crippen LogP contribution in [-0.4, -0.2) is 17.2 Å². The van der Waals surface area contributed by atoms with Gasteiger partial charge < -0.3 is 9.84 Å². The summed E-state index contributed by atoms with van der Waals surface area (Å²) < 4.78 is 18.7.